The van der Waals surface area contributed by atoms with E-state index in [0.717, 1.165) is 71.1 Å². The molecule has 4 aromatic carbocycles. The molecule has 342 valence electrons. The third kappa shape index (κ3) is 8.99. The van der Waals surface area contributed by atoms with Gasteiger partial charge < -0.3 is 33.9 Å². The van der Waals surface area contributed by atoms with Crippen molar-refractivity contribution in [1.29, 1.82) is 0 Å². The van der Waals surface area contributed by atoms with Gasteiger partial charge in [0.15, 0.2) is 35.6 Å². The number of benzene rings is 4. The SMILES string of the molecule is CC(C)(C)C1Cc2cc(CC(=O)C3(c4ccc5c(c4)OCO5)CC3)c(F)cc2N1.CC(C)(C)c1cc2cc(CC(=O)C3(c4ccc5c(c4)OCO5)CC3)c(F)cc2n1CCO.O=CC=O. The Kier molecular flexibility index (Phi) is 12.2. The fourth-order valence-electron chi connectivity index (χ4n) is 9.30. The molecule has 0 spiro atoms. The van der Waals surface area contributed by atoms with Crippen LogP contribution < -0.4 is 24.3 Å². The monoisotopic (exact) mass is 890 g/mol. The van der Waals surface area contributed by atoms with Crippen molar-refractivity contribution in [2.45, 2.75) is 115 Å². The van der Waals surface area contributed by atoms with Crippen LogP contribution in [0.2, 0.25) is 0 Å². The first-order valence-electron chi connectivity index (χ1n) is 22.2. The molecule has 5 aromatic rings. The molecule has 2 saturated carbocycles. The van der Waals surface area contributed by atoms with Gasteiger partial charge in [0.05, 0.1) is 23.0 Å². The summed E-state index contributed by atoms with van der Waals surface area (Å²) in [5, 5.41) is 13.8. The van der Waals surface area contributed by atoms with Gasteiger partial charge in [-0.2, -0.15) is 0 Å². The number of ether oxygens (including phenoxy) is 4. The second kappa shape index (κ2) is 17.4. The minimum absolute atomic E-state index is 0.0211. The second-order valence-corrected chi connectivity index (χ2v) is 19.8. The Bertz CT molecular complexity index is 2680. The Morgan fingerprint density at radius 3 is 1.71 bits per heavy atom. The van der Waals surface area contributed by atoms with E-state index < -0.39 is 10.8 Å². The molecule has 4 heterocycles. The lowest BCUT2D eigenvalue weighted by atomic mass is 9.84. The molecular formula is C52H56F2N2O9. The summed E-state index contributed by atoms with van der Waals surface area (Å²) in [7, 11) is 0. The van der Waals surface area contributed by atoms with Crippen LogP contribution in [0.5, 0.6) is 23.0 Å². The van der Waals surface area contributed by atoms with Crippen LogP contribution in [0.15, 0.2) is 66.7 Å². The molecular weight excluding hydrogens is 835 g/mol. The third-order valence-electron chi connectivity index (χ3n) is 13.4. The first-order chi connectivity index (χ1) is 30.9. The van der Waals surface area contributed by atoms with Crippen LogP contribution in [0, 0.1) is 17.0 Å². The van der Waals surface area contributed by atoms with Gasteiger partial charge in [-0.25, -0.2) is 8.78 Å². The number of carbonyl (C=O) groups is 4. The summed E-state index contributed by atoms with van der Waals surface area (Å²) in [5.74, 6) is 2.16. The first-order valence-corrected chi connectivity index (χ1v) is 22.2. The zero-order valence-corrected chi connectivity index (χ0v) is 37.8. The van der Waals surface area contributed by atoms with Crippen molar-refractivity contribution in [3.05, 3.63) is 112 Å². The van der Waals surface area contributed by atoms with E-state index in [2.05, 4.69) is 46.9 Å². The van der Waals surface area contributed by atoms with Gasteiger partial charge in [0.2, 0.25) is 13.6 Å². The Morgan fingerprint density at radius 2 is 1.23 bits per heavy atom. The molecule has 10 rings (SSSR count). The van der Waals surface area contributed by atoms with E-state index in [-0.39, 0.29) is 85.7 Å². The molecule has 1 aromatic heterocycles. The minimum Gasteiger partial charge on any atom is -0.454 e. The van der Waals surface area contributed by atoms with E-state index in [1.807, 2.05) is 53.1 Å². The number of aldehydes is 2. The lowest BCUT2D eigenvalue weighted by Gasteiger charge is -2.27. The second-order valence-electron chi connectivity index (χ2n) is 19.8. The molecule has 13 heteroatoms. The van der Waals surface area contributed by atoms with Crippen LogP contribution in [-0.4, -0.2) is 60.0 Å². The molecule has 0 radical (unpaired) electrons. The molecule has 1 unspecified atom stereocenters. The number of nitrogens with zero attached hydrogens (tertiary/aromatic N) is 1. The third-order valence-corrected chi connectivity index (χ3v) is 13.4. The normalized spacial score (nSPS) is 17.8. The average Bonchev–Trinajstić information content (AvgIpc) is 4.01. The summed E-state index contributed by atoms with van der Waals surface area (Å²) in [6.45, 7) is 13.6. The van der Waals surface area contributed by atoms with Gasteiger partial charge in [0.1, 0.15) is 23.2 Å². The van der Waals surface area contributed by atoms with Crippen LogP contribution in [0.3, 0.4) is 0 Å². The molecule has 0 bridgehead atoms. The number of anilines is 1. The average molecular weight is 891 g/mol. The number of fused-ring (bicyclic) bond motifs is 4. The number of Topliss-reactive ketones (excluding diaryl/α,β-unsaturated/α-hetero) is 2. The maximum atomic E-state index is 15.1. The highest BCUT2D eigenvalue weighted by molar-refractivity contribution is 6.09. The molecule has 2 N–H and O–H groups in total. The molecule has 1 atom stereocenters. The number of carbonyl (C=O) groups excluding carboxylic acids is 4. The number of hydrogen-bond donors (Lipinski definition) is 2. The van der Waals surface area contributed by atoms with Crippen molar-refractivity contribution < 1.29 is 52.0 Å². The van der Waals surface area contributed by atoms with Gasteiger partial charge in [-0.3, -0.25) is 19.2 Å². The predicted octanol–water partition coefficient (Wildman–Crippen LogP) is 8.81. The number of halogens is 2. The highest BCUT2D eigenvalue weighted by Crippen LogP contribution is 2.53. The molecule has 0 saturated heterocycles. The number of ketones is 2. The maximum absolute atomic E-state index is 15.1. The number of rotatable bonds is 11. The van der Waals surface area contributed by atoms with Gasteiger partial charge in [0, 0.05) is 47.6 Å². The Hall–Kier alpha value is -6.08. The minimum atomic E-state index is -0.568. The molecule has 0 amide bonds. The van der Waals surface area contributed by atoms with Crippen molar-refractivity contribution in [2.24, 2.45) is 5.41 Å². The topological polar surface area (TPSA) is 142 Å². The Labute approximate surface area is 377 Å². The van der Waals surface area contributed by atoms with Gasteiger partial charge in [-0.15, -0.1) is 0 Å². The molecule has 65 heavy (non-hydrogen) atoms. The van der Waals surface area contributed by atoms with E-state index in [0.29, 0.717) is 40.7 Å². The van der Waals surface area contributed by atoms with E-state index in [1.165, 1.54) is 6.07 Å². The van der Waals surface area contributed by atoms with Gasteiger partial charge in [-0.05, 0) is 114 Å². The van der Waals surface area contributed by atoms with Crippen LogP contribution in [-0.2, 0) is 61.2 Å². The number of aliphatic hydroxyl groups excluding tert-OH is 1. The summed E-state index contributed by atoms with van der Waals surface area (Å²) in [5.41, 5.74) is 5.35. The highest BCUT2D eigenvalue weighted by Gasteiger charge is 2.52. The molecule has 5 aliphatic rings. The van der Waals surface area contributed by atoms with Gasteiger partial charge in [0.25, 0.3) is 0 Å². The Balaban J connectivity index is 0.000000165. The Morgan fingerprint density at radius 1 is 0.723 bits per heavy atom. The predicted molar refractivity (Wildman–Crippen MR) is 241 cm³/mol. The molecule has 2 aliphatic carbocycles. The molecule has 2 fully saturated rings. The van der Waals surface area contributed by atoms with E-state index >= 15 is 4.39 Å². The summed E-state index contributed by atoms with van der Waals surface area (Å²) >= 11 is 0. The van der Waals surface area contributed by atoms with Crippen molar-refractivity contribution >= 4 is 40.7 Å². The summed E-state index contributed by atoms with van der Waals surface area (Å²) in [6, 6.07) is 20.4. The zero-order valence-electron chi connectivity index (χ0n) is 37.8. The van der Waals surface area contributed by atoms with Crippen LogP contribution in [0.25, 0.3) is 10.9 Å². The standard InChI is InChI=1S/C26H28FNO4.C24H26FNO3.C2H2O2/c1-25(2,3)23-11-17-10-16(19(27)14-20(17)28(23)8-9-29)12-24(30)26(6-7-26)18-4-5-21-22(13-18)32-15-31-21;1-23(2,3)21-9-15-8-14(17(25)12-18(15)26-21)10-22(27)24(6-7-24)16-4-5-19-20(11-16)29-13-28-19;3-1-2-4/h4-5,10-11,13-14,29H,6-9,12,15H2,1-3H3;4-5,8,11-12,21,26H,6-7,9-10,13H2,1-3H3;1-2H. The summed E-state index contributed by atoms with van der Waals surface area (Å²) in [6.07, 6.45) is 4.53. The molecule has 11 nitrogen and oxygen atoms in total. The van der Waals surface area contributed by atoms with Crippen molar-refractivity contribution in [3.63, 3.8) is 0 Å². The highest BCUT2D eigenvalue weighted by atomic mass is 19.1. The first kappa shape index (κ1) is 45.5. The smallest absolute Gasteiger partial charge is 0.231 e. The van der Waals surface area contributed by atoms with Crippen molar-refractivity contribution in [2.75, 3.05) is 25.5 Å². The fraction of sp³-hybridized carbons (Fsp3) is 0.423. The summed E-state index contributed by atoms with van der Waals surface area (Å²) in [4.78, 5) is 44.2. The van der Waals surface area contributed by atoms with E-state index in [4.69, 9.17) is 28.5 Å². The number of aromatic nitrogens is 1. The van der Waals surface area contributed by atoms with Crippen molar-refractivity contribution in [3.8, 4) is 23.0 Å². The summed E-state index contributed by atoms with van der Waals surface area (Å²) < 4.78 is 53.6. The van der Waals surface area contributed by atoms with Crippen LogP contribution in [0.1, 0.15) is 101 Å². The van der Waals surface area contributed by atoms with E-state index in [9.17, 15) is 19.1 Å². The maximum Gasteiger partial charge on any atom is 0.231 e. The fourth-order valence-corrected chi connectivity index (χ4v) is 9.30. The van der Waals surface area contributed by atoms with Crippen LogP contribution in [0.4, 0.5) is 14.5 Å². The number of hydrogen-bond acceptors (Lipinski definition) is 10. The van der Waals surface area contributed by atoms with Crippen LogP contribution >= 0.6 is 0 Å². The van der Waals surface area contributed by atoms with Crippen molar-refractivity contribution in [1.82, 2.24) is 4.57 Å². The molecule has 3 aliphatic heterocycles. The van der Waals surface area contributed by atoms with E-state index in [1.54, 1.807) is 12.1 Å². The lowest BCUT2D eigenvalue weighted by Crippen LogP contribution is -2.31. The quantitative estimate of drug-likeness (QED) is 0.0976. The largest absolute Gasteiger partial charge is 0.454 e. The lowest BCUT2D eigenvalue weighted by molar-refractivity contribution is -0.122. The van der Waals surface area contributed by atoms with Gasteiger partial charge in [-0.1, -0.05) is 59.7 Å². The number of nitrogens with one attached hydrogen (secondary N) is 1. The number of aliphatic hydroxyl groups is 1. The van der Waals surface area contributed by atoms with Gasteiger partial charge >= 0.3 is 0 Å². The zero-order chi connectivity index (χ0) is 46.5.